The molecule has 2 aromatic carbocycles. The van der Waals surface area contributed by atoms with Crippen LogP contribution in [-0.2, 0) is 6.42 Å². The molecule has 0 fully saturated rings. The van der Waals surface area contributed by atoms with Gasteiger partial charge in [-0.2, -0.15) is 0 Å². The van der Waals surface area contributed by atoms with Crippen LogP contribution in [0.3, 0.4) is 0 Å². The molecule has 1 atom stereocenters. The van der Waals surface area contributed by atoms with Crippen LogP contribution in [0.25, 0.3) is 11.1 Å². The number of fused-ring (bicyclic) bond motifs is 1. The van der Waals surface area contributed by atoms with Crippen LogP contribution in [0.2, 0.25) is 0 Å². The van der Waals surface area contributed by atoms with Crippen molar-refractivity contribution >= 4 is 12.4 Å². The van der Waals surface area contributed by atoms with Crippen molar-refractivity contribution in [2.75, 3.05) is 0 Å². The smallest absolute Gasteiger partial charge is 0.123 e. The van der Waals surface area contributed by atoms with Crippen molar-refractivity contribution in [3.63, 3.8) is 0 Å². The molecule has 0 radical (unpaired) electrons. The average Bonchev–Trinajstić information content (AvgIpc) is 2.99. The Balaban J connectivity index is 0.00000156. The first-order valence-corrected chi connectivity index (χ1v) is 7.60. The van der Waals surface area contributed by atoms with E-state index in [-0.39, 0.29) is 18.2 Å². The minimum atomic E-state index is -0.192. The van der Waals surface area contributed by atoms with Gasteiger partial charge in [-0.1, -0.05) is 30.3 Å². The monoisotopic (exact) mass is 325 g/mol. The fourth-order valence-electron chi connectivity index (χ4n) is 3.38. The van der Waals surface area contributed by atoms with E-state index in [0.29, 0.717) is 5.92 Å². The van der Waals surface area contributed by atoms with Gasteiger partial charge in [0.05, 0.1) is 0 Å². The molecule has 0 aliphatic heterocycles. The number of hydrogen-bond acceptors (Lipinski definition) is 1. The highest BCUT2D eigenvalue weighted by atomic mass is 35.5. The Kier molecular flexibility index (Phi) is 4.44. The van der Waals surface area contributed by atoms with Gasteiger partial charge in [-0.05, 0) is 64.9 Å². The summed E-state index contributed by atoms with van der Waals surface area (Å²) in [6.45, 7) is 0. The summed E-state index contributed by atoms with van der Waals surface area (Å²) in [5, 5.41) is 0. The fraction of sp³-hybridized carbons (Fsp3) is 0.150. The molecule has 1 heterocycles. The normalized spacial score (nSPS) is 15.8. The second-order valence-corrected chi connectivity index (χ2v) is 5.79. The molecule has 0 bridgehead atoms. The second-order valence-electron chi connectivity index (χ2n) is 5.79. The first-order chi connectivity index (χ1) is 10.8. The van der Waals surface area contributed by atoms with Crippen LogP contribution >= 0.6 is 12.4 Å². The number of aromatic nitrogens is 1. The van der Waals surface area contributed by atoms with Gasteiger partial charge in [0, 0.05) is 18.3 Å². The van der Waals surface area contributed by atoms with E-state index in [1.807, 2.05) is 24.5 Å². The summed E-state index contributed by atoms with van der Waals surface area (Å²) in [5.41, 5.74) is 6.38. The maximum absolute atomic E-state index is 13.1. The molecule has 3 aromatic rings. The van der Waals surface area contributed by atoms with Gasteiger partial charge in [0.1, 0.15) is 5.82 Å². The lowest BCUT2D eigenvalue weighted by Gasteiger charge is -2.12. The third kappa shape index (κ3) is 2.99. The molecule has 0 amide bonds. The van der Waals surface area contributed by atoms with Crippen molar-refractivity contribution < 1.29 is 4.39 Å². The number of benzene rings is 2. The number of rotatable bonds is 2. The van der Waals surface area contributed by atoms with Gasteiger partial charge >= 0.3 is 0 Å². The van der Waals surface area contributed by atoms with Crippen LogP contribution in [0.5, 0.6) is 0 Å². The lowest BCUT2D eigenvalue weighted by atomic mass is 9.92. The number of hydrogen-bond donors (Lipinski definition) is 0. The molecule has 3 heteroatoms. The highest BCUT2D eigenvalue weighted by Gasteiger charge is 2.24. The highest BCUT2D eigenvalue weighted by Crippen LogP contribution is 2.39. The summed E-state index contributed by atoms with van der Waals surface area (Å²) in [7, 11) is 0. The number of aryl methyl sites for hydroxylation is 1. The van der Waals surface area contributed by atoms with Crippen LogP contribution in [-0.4, -0.2) is 4.98 Å². The Bertz CT molecular complexity index is 800. The molecule has 1 unspecified atom stereocenters. The van der Waals surface area contributed by atoms with Crippen molar-refractivity contribution in [3.8, 4) is 11.1 Å². The standard InChI is InChI=1S/C20H16FN.ClH/c21-18-5-1-14(2-6-18)16-3-7-20-17(13-16)4-8-19(20)15-9-11-22-12-10-15;/h1-3,5-7,9-13,19H,4,8H2;1H. The Morgan fingerprint density at radius 3 is 2.30 bits per heavy atom. The van der Waals surface area contributed by atoms with Crippen LogP contribution in [0.15, 0.2) is 67.0 Å². The summed E-state index contributed by atoms with van der Waals surface area (Å²) in [5.74, 6) is 0.280. The van der Waals surface area contributed by atoms with Crippen molar-refractivity contribution in [2.24, 2.45) is 0 Å². The van der Waals surface area contributed by atoms with E-state index < -0.39 is 0 Å². The van der Waals surface area contributed by atoms with Gasteiger partial charge in [-0.15, -0.1) is 12.4 Å². The predicted octanol–water partition coefficient (Wildman–Crippen LogP) is 5.39. The lowest BCUT2D eigenvalue weighted by Crippen LogP contribution is -1.96. The van der Waals surface area contributed by atoms with Crippen LogP contribution in [0.1, 0.15) is 29.0 Å². The van der Waals surface area contributed by atoms with E-state index in [0.717, 1.165) is 24.0 Å². The number of nitrogens with zero attached hydrogens (tertiary/aromatic N) is 1. The largest absolute Gasteiger partial charge is 0.265 e. The topological polar surface area (TPSA) is 12.9 Å². The van der Waals surface area contributed by atoms with Gasteiger partial charge in [-0.25, -0.2) is 4.39 Å². The first-order valence-electron chi connectivity index (χ1n) is 7.60. The van der Waals surface area contributed by atoms with E-state index in [1.165, 1.54) is 28.8 Å². The number of pyridine rings is 1. The summed E-state index contributed by atoms with van der Waals surface area (Å²) in [4.78, 5) is 4.10. The first kappa shape index (κ1) is 15.7. The average molecular weight is 326 g/mol. The molecular formula is C20H17ClFN. The summed E-state index contributed by atoms with van der Waals surface area (Å²) in [6, 6.07) is 17.5. The van der Waals surface area contributed by atoms with E-state index in [4.69, 9.17) is 0 Å². The van der Waals surface area contributed by atoms with Crippen LogP contribution in [0.4, 0.5) is 4.39 Å². The summed E-state index contributed by atoms with van der Waals surface area (Å²) >= 11 is 0. The van der Waals surface area contributed by atoms with Gasteiger partial charge < -0.3 is 0 Å². The molecule has 1 aliphatic carbocycles. The third-order valence-corrected chi connectivity index (χ3v) is 4.51. The molecule has 1 aromatic heterocycles. The van der Waals surface area contributed by atoms with Crippen molar-refractivity contribution in [1.29, 1.82) is 0 Å². The maximum Gasteiger partial charge on any atom is 0.123 e. The van der Waals surface area contributed by atoms with Gasteiger partial charge in [0.25, 0.3) is 0 Å². The van der Waals surface area contributed by atoms with E-state index in [9.17, 15) is 4.39 Å². The van der Waals surface area contributed by atoms with Crippen LogP contribution < -0.4 is 0 Å². The molecule has 1 aliphatic rings. The third-order valence-electron chi connectivity index (χ3n) is 4.51. The minimum Gasteiger partial charge on any atom is -0.265 e. The second kappa shape index (κ2) is 6.51. The maximum atomic E-state index is 13.1. The SMILES string of the molecule is Cl.Fc1ccc(-c2ccc3c(c2)CCC3c2ccncc2)cc1. The zero-order valence-corrected chi connectivity index (χ0v) is 13.4. The number of halogens is 2. The van der Waals surface area contributed by atoms with Gasteiger partial charge in [-0.3, -0.25) is 4.98 Å². The Hall–Kier alpha value is -2.19. The molecule has 0 saturated heterocycles. The van der Waals surface area contributed by atoms with Crippen molar-refractivity contribution in [3.05, 3.63) is 89.5 Å². The van der Waals surface area contributed by atoms with Crippen LogP contribution in [0, 0.1) is 5.82 Å². The molecule has 0 saturated carbocycles. The lowest BCUT2D eigenvalue weighted by molar-refractivity contribution is 0.628. The Morgan fingerprint density at radius 2 is 1.57 bits per heavy atom. The molecule has 1 nitrogen and oxygen atoms in total. The van der Waals surface area contributed by atoms with Crippen molar-refractivity contribution in [1.82, 2.24) is 4.98 Å². The molecule has 0 spiro atoms. The van der Waals surface area contributed by atoms with E-state index in [1.54, 1.807) is 0 Å². The zero-order chi connectivity index (χ0) is 14.9. The highest BCUT2D eigenvalue weighted by molar-refractivity contribution is 5.85. The summed E-state index contributed by atoms with van der Waals surface area (Å²) in [6.07, 6.45) is 5.96. The van der Waals surface area contributed by atoms with E-state index in [2.05, 4.69) is 35.3 Å². The van der Waals surface area contributed by atoms with E-state index >= 15 is 0 Å². The summed E-state index contributed by atoms with van der Waals surface area (Å²) < 4.78 is 13.1. The molecule has 23 heavy (non-hydrogen) atoms. The molecular weight excluding hydrogens is 309 g/mol. The molecule has 116 valence electrons. The Labute approximate surface area is 141 Å². The molecule has 0 N–H and O–H groups in total. The predicted molar refractivity (Wildman–Crippen MR) is 93.5 cm³/mol. The van der Waals surface area contributed by atoms with Gasteiger partial charge in [0.2, 0.25) is 0 Å². The quantitative estimate of drug-likeness (QED) is 0.615. The minimum absolute atomic E-state index is 0. The van der Waals surface area contributed by atoms with Gasteiger partial charge in [0.15, 0.2) is 0 Å². The van der Waals surface area contributed by atoms with Crippen molar-refractivity contribution in [2.45, 2.75) is 18.8 Å². The fourth-order valence-corrected chi connectivity index (χ4v) is 3.38. The molecule has 4 rings (SSSR count). The Morgan fingerprint density at radius 1 is 0.870 bits per heavy atom. The zero-order valence-electron chi connectivity index (χ0n) is 12.6.